The lowest BCUT2D eigenvalue weighted by atomic mass is 10.2. The third kappa shape index (κ3) is 2.50. The molecule has 0 spiro atoms. The van der Waals surface area contributed by atoms with E-state index in [-0.39, 0.29) is 5.97 Å². The van der Waals surface area contributed by atoms with Crippen LogP contribution in [0.15, 0.2) is 24.3 Å². The lowest BCUT2D eigenvalue weighted by Crippen LogP contribution is -2.00. The number of nitrogens with zero attached hydrogens (tertiary/aromatic N) is 3. The van der Waals surface area contributed by atoms with Crippen molar-refractivity contribution in [1.82, 2.24) is 15.0 Å². The largest absolute Gasteiger partial charge is 0.463 e. The lowest BCUT2D eigenvalue weighted by molar-refractivity contribution is -0.137. The second-order valence-electron chi connectivity index (χ2n) is 3.59. The predicted octanol–water partition coefficient (Wildman–Crippen LogP) is 1.77. The topological polar surface area (TPSA) is 57.0 Å². The summed E-state index contributed by atoms with van der Waals surface area (Å²) in [7, 11) is 0. The Morgan fingerprint density at radius 2 is 2.35 bits per heavy atom. The van der Waals surface area contributed by atoms with Gasteiger partial charge in [-0.15, -0.1) is 5.10 Å². The van der Waals surface area contributed by atoms with Gasteiger partial charge in [0.05, 0.1) is 12.1 Å². The van der Waals surface area contributed by atoms with Crippen molar-refractivity contribution in [2.75, 3.05) is 6.61 Å². The van der Waals surface area contributed by atoms with Gasteiger partial charge in [0.25, 0.3) is 0 Å². The first-order chi connectivity index (χ1) is 8.20. The third-order valence-corrected chi connectivity index (χ3v) is 2.26. The lowest BCUT2D eigenvalue weighted by Gasteiger charge is -1.96. The Bertz CT molecular complexity index is 572. The number of carbonyl (C=O) groups excluding carboxylic acids is 1. The number of benzene rings is 1. The highest BCUT2D eigenvalue weighted by Crippen LogP contribution is 2.12. The maximum absolute atomic E-state index is 11.2. The maximum Gasteiger partial charge on any atom is 0.332 e. The van der Waals surface area contributed by atoms with Crippen LogP contribution >= 0.6 is 0 Å². The molecule has 5 heteroatoms. The zero-order valence-electron chi connectivity index (χ0n) is 9.75. The van der Waals surface area contributed by atoms with Crippen LogP contribution in [0.25, 0.3) is 17.2 Å². The molecule has 0 saturated carbocycles. The smallest absolute Gasteiger partial charge is 0.332 e. The van der Waals surface area contributed by atoms with E-state index in [9.17, 15) is 4.79 Å². The van der Waals surface area contributed by atoms with Gasteiger partial charge in [0.1, 0.15) is 5.52 Å². The minimum absolute atomic E-state index is 0.361. The summed E-state index contributed by atoms with van der Waals surface area (Å²) in [6.45, 7) is 4.12. The Hall–Kier alpha value is -2.17. The van der Waals surface area contributed by atoms with Crippen molar-refractivity contribution in [1.29, 1.82) is 0 Å². The minimum atomic E-state index is -0.385. The van der Waals surface area contributed by atoms with Crippen LogP contribution in [-0.4, -0.2) is 27.6 Å². The van der Waals surface area contributed by atoms with Gasteiger partial charge in [-0.3, -0.25) is 0 Å². The van der Waals surface area contributed by atoms with Crippen LogP contribution < -0.4 is 0 Å². The molecule has 0 radical (unpaired) electrons. The van der Waals surface area contributed by atoms with Crippen LogP contribution in [0, 0.1) is 6.92 Å². The Morgan fingerprint density at radius 1 is 1.53 bits per heavy atom. The molecular weight excluding hydrogens is 218 g/mol. The molecule has 2 aromatic rings. The van der Waals surface area contributed by atoms with E-state index >= 15 is 0 Å². The molecule has 17 heavy (non-hydrogen) atoms. The number of ether oxygens (including phenoxy) is 1. The molecule has 1 heterocycles. The number of fused-ring (bicyclic) bond motifs is 1. The van der Waals surface area contributed by atoms with Gasteiger partial charge in [-0.2, -0.15) is 0 Å². The quantitative estimate of drug-likeness (QED) is 0.596. The summed E-state index contributed by atoms with van der Waals surface area (Å²) in [5.41, 5.74) is 2.78. The fourth-order valence-electron chi connectivity index (χ4n) is 1.48. The number of hydrogen-bond acceptors (Lipinski definition) is 4. The van der Waals surface area contributed by atoms with Gasteiger partial charge < -0.3 is 4.74 Å². The van der Waals surface area contributed by atoms with E-state index in [0.29, 0.717) is 6.61 Å². The van der Waals surface area contributed by atoms with E-state index in [1.54, 1.807) is 17.8 Å². The molecule has 0 fully saturated rings. The van der Waals surface area contributed by atoms with Crippen molar-refractivity contribution in [2.24, 2.45) is 0 Å². The van der Waals surface area contributed by atoms with E-state index in [4.69, 9.17) is 4.74 Å². The molecular formula is C12H13N3O2. The van der Waals surface area contributed by atoms with Gasteiger partial charge in [-0.25, -0.2) is 9.48 Å². The number of hydrogen-bond donors (Lipinski definition) is 0. The van der Waals surface area contributed by atoms with Gasteiger partial charge in [-0.05, 0) is 31.5 Å². The van der Waals surface area contributed by atoms with Crippen molar-refractivity contribution < 1.29 is 9.53 Å². The Labute approximate surface area is 98.7 Å². The summed E-state index contributed by atoms with van der Waals surface area (Å²) in [6, 6.07) is 5.83. The average molecular weight is 231 g/mol. The molecule has 2 rings (SSSR count). The molecule has 0 atom stereocenters. The first kappa shape index (κ1) is 11.3. The molecule has 0 saturated heterocycles. The van der Waals surface area contributed by atoms with Crippen LogP contribution in [0.5, 0.6) is 0 Å². The standard InChI is InChI=1S/C12H13N3O2/c1-3-17-12(16)6-7-15-11-8-9(2)4-5-10(11)13-14-15/h4-8H,3H2,1-2H3/b7-6+. The number of aryl methyl sites for hydroxylation is 1. The van der Waals surface area contributed by atoms with E-state index in [2.05, 4.69) is 10.3 Å². The van der Waals surface area contributed by atoms with Gasteiger partial charge >= 0.3 is 5.97 Å². The molecule has 0 unspecified atom stereocenters. The van der Waals surface area contributed by atoms with Crippen LogP contribution in [0.2, 0.25) is 0 Å². The zero-order valence-corrected chi connectivity index (χ0v) is 9.75. The highest BCUT2D eigenvalue weighted by molar-refractivity contribution is 5.86. The number of carbonyl (C=O) groups is 1. The SMILES string of the molecule is CCOC(=O)/C=C/n1nnc2ccc(C)cc21. The Kier molecular flexibility index (Phi) is 3.18. The maximum atomic E-state index is 11.2. The van der Waals surface area contributed by atoms with Gasteiger partial charge in [0.15, 0.2) is 0 Å². The van der Waals surface area contributed by atoms with Crippen molar-refractivity contribution in [2.45, 2.75) is 13.8 Å². The number of rotatable bonds is 3. The molecule has 1 aromatic carbocycles. The monoisotopic (exact) mass is 231 g/mol. The van der Waals surface area contributed by atoms with Gasteiger partial charge in [-0.1, -0.05) is 11.3 Å². The molecule has 0 bridgehead atoms. The first-order valence-corrected chi connectivity index (χ1v) is 5.37. The summed E-state index contributed by atoms with van der Waals surface area (Å²) >= 11 is 0. The Balaban J connectivity index is 2.30. The summed E-state index contributed by atoms with van der Waals surface area (Å²) in [5.74, 6) is -0.385. The molecule has 1 aromatic heterocycles. The van der Waals surface area contributed by atoms with Crippen molar-refractivity contribution in [3.05, 3.63) is 29.8 Å². The molecule has 88 valence electrons. The van der Waals surface area contributed by atoms with Crippen LogP contribution in [-0.2, 0) is 9.53 Å². The van der Waals surface area contributed by atoms with Crippen molar-refractivity contribution >= 4 is 23.2 Å². The van der Waals surface area contributed by atoms with Crippen molar-refractivity contribution in [3.8, 4) is 0 Å². The van der Waals surface area contributed by atoms with Crippen molar-refractivity contribution in [3.63, 3.8) is 0 Å². The van der Waals surface area contributed by atoms with Crippen LogP contribution in [0.1, 0.15) is 12.5 Å². The van der Waals surface area contributed by atoms with E-state index < -0.39 is 0 Å². The molecule has 5 nitrogen and oxygen atoms in total. The Morgan fingerprint density at radius 3 is 3.12 bits per heavy atom. The van der Waals surface area contributed by atoms with Crippen LogP contribution in [0.3, 0.4) is 0 Å². The highest BCUT2D eigenvalue weighted by atomic mass is 16.5. The zero-order chi connectivity index (χ0) is 12.3. The first-order valence-electron chi connectivity index (χ1n) is 5.37. The molecule has 0 aliphatic carbocycles. The molecule has 0 aliphatic heterocycles. The summed E-state index contributed by atoms with van der Waals surface area (Å²) in [5, 5.41) is 7.93. The fourth-order valence-corrected chi connectivity index (χ4v) is 1.48. The second kappa shape index (κ2) is 4.78. The number of esters is 1. The van der Waals surface area contributed by atoms with E-state index in [0.717, 1.165) is 16.6 Å². The van der Waals surface area contributed by atoms with Gasteiger partial charge in [0, 0.05) is 12.3 Å². The normalized spacial score (nSPS) is 11.2. The van der Waals surface area contributed by atoms with Crippen LogP contribution in [0.4, 0.5) is 0 Å². The highest BCUT2D eigenvalue weighted by Gasteiger charge is 2.02. The molecule has 0 amide bonds. The average Bonchev–Trinajstić information content (AvgIpc) is 2.69. The predicted molar refractivity (Wildman–Crippen MR) is 64.2 cm³/mol. The number of aromatic nitrogens is 3. The minimum Gasteiger partial charge on any atom is -0.463 e. The summed E-state index contributed by atoms with van der Waals surface area (Å²) in [6.07, 6.45) is 2.88. The van der Waals surface area contributed by atoms with E-state index in [1.807, 2.05) is 25.1 Å². The summed E-state index contributed by atoms with van der Waals surface area (Å²) < 4.78 is 6.34. The summed E-state index contributed by atoms with van der Waals surface area (Å²) in [4.78, 5) is 11.2. The fraction of sp³-hybridized carbons (Fsp3) is 0.250. The van der Waals surface area contributed by atoms with Gasteiger partial charge in [0.2, 0.25) is 0 Å². The van der Waals surface area contributed by atoms with E-state index in [1.165, 1.54) is 6.08 Å². The second-order valence-corrected chi connectivity index (χ2v) is 3.59. The third-order valence-electron chi connectivity index (χ3n) is 2.26. The molecule has 0 aliphatic rings. The molecule has 0 N–H and O–H groups in total.